The van der Waals surface area contributed by atoms with Crippen LogP contribution in [-0.2, 0) is 6.42 Å². The number of hydrogen-bond donors (Lipinski definition) is 1. The number of benzene rings is 2. The molecule has 2 heteroatoms. The van der Waals surface area contributed by atoms with E-state index in [1.165, 1.54) is 44.1 Å². The molecule has 2 aromatic carbocycles. The fraction of sp³-hybridized carbons (Fsp3) is 0.409. The molecule has 0 aliphatic carbocycles. The number of aryl methyl sites for hydroxylation is 1. The van der Waals surface area contributed by atoms with Gasteiger partial charge in [-0.3, -0.25) is 0 Å². The molecule has 0 saturated carbocycles. The van der Waals surface area contributed by atoms with Crippen molar-refractivity contribution in [3.8, 4) is 0 Å². The molecule has 1 N–H and O–H groups in total. The molecule has 0 saturated heterocycles. The maximum atomic E-state index is 11.2. The molecule has 0 amide bonds. The molecule has 0 radical (unpaired) electrons. The van der Waals surface area contributed by atoms with Gasteiger partial charge in [0.1, 0.15) is 0 Å². The molecular formula is C22H28O2. The molecule has 0 spiro atoms. The maximum Gasteiger partial charge on any atom is 0.335 e. The van der Waals surface area contributed by atoms with Crippen LogP contribution in [0.2, 0.25) is 0 Å². The summed E-state index contributed by atoms with van der Waals surface area (Å²) in [4.78, 5) is 11.2. The molecule has 2 nitrogen and oxygen atoms in total. The average molecular weight is 324 g/mol. The van der Waals surface area contributed by atoms with E-state index in [1.807, 2.05) is 19.1 Å². The Morgan fingerprint density at radius 2 is 1.83 bits per heavy atom. The van der Waals surface area contributed by atoms with Gasteiger partial charge >= 0.3 is 5.97 Å². The predicted molar refractivity (Wildman–Crippen MR) is 102 cm³/mol. The van der Waals surface area contributed by atoms with Gasteiger partial charge in [-0.2, -0.15) is 0 Å². The highest BCUT2D eigenvalue weighted by molar-refractivity contribution is 5.97. The van der Waals surface area contributed by atoms with E-state index in [9.17, 15) is 9.90 Å². The summed E-state index contributed by atoms with van der Waals surface area (Å²) in [5, 5.41) is 11.3. The molecule has 24 heavy (non-hydrogen) atoms. The first-order valence-electron chi connectivity index (χ1n) is 9.04. The molecule has 0 atom stereocenters. The van der Waals surface area contributed by atoms with Crippen molar-refractivity contribution in [2.24, 2.45) is 0 Å². The summed E-state index contributed by atoms with van der Waals surface area (Å²) in [6.45, 7) is 4.12. The number of unbranched alkanes of at least 4 members (excludes halogenated alkanes) is 5. The smallest absolute Gasteiger partial charge is 0.335 e. The van der Waals surface area contributed by atoms with Gasteiger partial charge in [0.15, 0.2) is 0 Å². The van der Waals surface area contributed by atoms with Gasteiger partial charge in [-0.1, -0.05) is 69.0 Å². The minimum Gasteiger partial charge on any atom is -0.478 e. The van der Waals surface area contributed by atoms with Crippen molar-refractivity contribution in [3.63, 3.8) is 0 Å². The Morgan fingerprint density at radius 1 is 1.04 bits per heavy atom. The Hall–Kier alpha value is -2.09. The quantitative estimate of drug-likeness (QED) is 0.434. The lowest BCUT2D eigenvalue weighted by atomic mass is 9.97. The Kier molecular flexibility index (Phi) is 7.05. The van der Waals surface area contributed by atoms with Crippen molar-refractivity contribution in [2.75, 3.05) is 0 Å². The molecule has 0 aromatic heterocycles. The van der Waals surface area contributed by atoms with E-state index in [2.05, 4.69) is 31.2 Å². The fourth-order valence-electron chi connectivity index (χ4n) is 3.10. The van der Waals surface area contributed by atoms with E-state index in [-0.39, 0.29) is 0 Å². The van der Waals surface area contributed by atoms with Crippen molar-refractivity contribution in [3.05, 3.63) is 59.2 Å². The lowest BCUT2D eigenvalue weighted by molar-refractivity contribution is 0.0696. The van der Waals surface area contributed by atoms with Gasteiger partial charge in [0.25, 0.3) is 0 Å². The van der Waals surface area contributed by atoms with Gasteiger partial charge in [0.2, 0.25) is 0 Å². The highest BCUT2D eigenvalue weighted by atomic mass is 16.4. The summed E-state index contributed by atoms with van der Waals surface area (Å²) in [6.07, 6.45) is 13.3. The number of allylic oxidation sites excluding steroid dienone is 2. The zero-order valence-corrected chi connectivity index (χ0v) is 14.8. The summed E-state index contributed by atoms with van der Waals surface area (Å²) in [6, 6.07) is 9.93. The van der Waals surface area contributed by atoms with Crippen LogP contribution in [0.4, 0.5) is 0 Å². The van der Waals surface area contributed by atoms with Crippen molar-refractivity contribution in [2.45, 2.75) is 58.8 Å². The average Bonchev–Trinajstić information content (AvgIpc) is 2.57. The molecule has 0 fully saturated rings. The highest BCUT2D eigenvalue weighted by Gasteiger charge is 2.09. The lowest BCUT2D eigenvalue weighted by Crippen LogP contribution is -1.99. The van der Waals surface area contributed by atoms with Gasteiger partial charge in [0.05, 0.1) is 5.56 Å². The van der Waals surface area contributed by atoms with Crippen molar-refractivity contribution >= 4 is 16.7 Å². The zero-order valence-electron chi connectivity index (χ0n) is 14.8. The number of carboxylic acid groups (broad SMARTS) is 1. The first-order valence-corrected chi connectivity index (χ1v) is 9.04. The molecule has 2 rings (SSSR count). The Morgan fingerprint density at radius 3 is 2.58 bits per heavy atom. The van der Waals surface area contributed by atoms with E-state index >= 15 is 0 Å². The van der Waals surface area contributed by atoms with E-state index in [0.29, 0.717) is 5.56 Å². The minimum atomic E-state index is -0.861. The number of carbonyl (C=O) groups is 1. The third-order valence-corrected chi connectivity index (χ3v) is 4.58. The summed E-state index contributed by atoms with van der Waals surface area (Å²) < 4.78 is 0. The van der Waals surface area contributed by atoms with Gasteiger partial charge in [-0.25, -0.2) is 4.79 Å². The standard InChI is InChI=1S/C22H28O2/c1-3-4-5-6-7-8-9-10-11-18-12-14-20-17(2)21(22(23)24)15-13-19(20)16-18/h9-10,12-16H,3-8,11H2,1-2H3,(H,23,24). The Labute approximate surface area is 145 Å². The predicted octanol–water partition coefficient (Wildman–Crippen LogP) is 6.31. The van der Waals surface area contributed by atoms with Crippen LogP contribution in [0.1, 0.15) is 66.9 Å². The summed E-state index contributed by atoms with van der Waals surface area (Å²) in [7, 11) is 0. The number of hydrogen-bond acceptors (Lipinski definition) is 1. The molecule has 0 aliphatic heterocycles. The van der Waals surface area contributed by atoms with Crippen molar-refractivity contribution < 1.29 is 9.90 Å². The molecule has 0 bridgehead atoms. The van der Waals surface area contributed by atoms with Crippen molar-refractivity contribution in [1.29, 1.82) is 0 Å². The normalized spacial score (nSPS) is 11.4. The Bertz CT molecular complexity index is 713. The van der Waals surface area contributed by atoms with Crippen LogP contribution in [-0.4, -0.2) is 11.1 Å². The minimum absolute atomic E-state index is 0.387. The lowest BCUT2D eigenvalue weighted by Gasteiger charge is -2.07. The van der Waals surface area contributed by atoms with E-state index in [0.717, 1.165) is 22.8 Å². The molecule has 0 aliphatic rings. The number of fused-ring (bicyclic) bond motifs is 1. The topological polar surface area (TPSA) is 37.3 Å². The second kappa shape index (κ2) is 9.27. The molecular weight excluding hydrogens is 296 g/mol. The van der Waals surface area contributed by atoms with Crippen LogP contribution in [0.5, 0.6) is 0 Å². The zero-order chi connectivity index (χ0) is 17.4. The number of carboxylic acids is 1. The van der Waals surface area contributed by atoms with Crippen molar-refractivity contribution in [1.82, 2.24) is 0 Å². The summed E-state index contributed by atoms with van der Waals surface area (Å²) in [5.41, 5.74) is 2.50. The van der Waals surface area contributed by atoms with Crippen LogP contribution < -0.4 is 0 Å². The van der Waals surface area contributed by atoms with Gasteiger partial charge in [0, 0.05) is 0 Å². The largest absolute Gasteiger partial charge is 0.478 e. The highest BCUT2D eigenvalue weighted by Crippen LogP contribution is 2.23. The van der Waals surface area contributed by atoms with E-state index in [1.54, 1.807) is 6.07 Å². The van der Waals surface area contributed by atoms with Crippen LogP contribution in [0, 0.1) is 6.92 Å². The van der Waals surface area contributed by atoms with Crippen LogP contribution in [0.25, 0.3) is 10.8 Å². The van der Waals surface area contributed by atoms with Gasteiger partial charge in [-0.15, -0.1) is 0 Å². The fourth-order valence-corrected chi connectivity index (χ4v) is 3.10. The van der Waals surface area contributed by atoms with Gasteiger partial charge in [-0.05, 0) is 54.2 Å². The monoisotopic (exact) mass is 324 g/mol. The molecule has 0 heterocycles. The number of rotatable bonds is 9. The summed E-state index contributed by atoms with van der Waals surface area (Å²) in [5.74, 6) is -0.861. The van der Waals surface area contributed by atoms with Crippen LogP contribution in [0.15, 0.2) is 42.5 Å². The van der Waals surface area contributed by atoms with E-state index < -0.39 is 5.97 Å². The second-order valence-electron chi connectivity index (χ2n) is 6.48. The first kappa shape index (κ1) is 18.3. The van der Waals surface area contributed by atoms with Crippen LogP contribution >= 0.6 is 0 Å². The summed E-state index contributed by atoms with van der Waals surface area (Å²) >= 11 is 0. The molecule has 128 valence electrons. The Balaban J connectivity index is 1.94. The van der Waals surface area contributed by atoms with Gasteiger partial charge < -0.3 is 5.11 Å². The third-order valence-electron chi connectivity index (χ3n) is 4.58. The third kappa shape index (κ3) is 4.95. The molecule has 0 unspecified atom stereocenters. The first-order chi connectivity index (χ1) is 11.6. The number of aromatic carboxylic acids is 1. The SMILES string of the molecule is CCCCCCCC=CCc1ccc2c(C)c(C(=O)O)ccc2c1. The molecule has 2 aromatic rings. The van der Waals surface area contributed by atoms with Crippen LogP contribution in [0.3, 0.4) is 0 Å². The van der Waals surface area contributed by atoms with E-state index in [4.69, 9.17) is 0 Å². The maximum absolute atomic E-state index is 11.2. The second-order valence-corrected chi connectivity index (χ2v) is 6.48.